The number of hydrogen-bond acceptors (Lipinski definition) is 5. The fraction of sp³-hybridized carbons (Fsp3) is 0.312. The number of nitrogens with zero attached hydrogens (tertiary/aromatic N) is 3. The first-order chi connectivity index (χ1) is 11.6. The van der Waals surface area contributed by atoms with Gasteiger partial charge in [-0.1, -0.05) is 0 Å². The topological polar surface area (TPSA) is 78.4 Å². The van der Waals surface area contributed by atoms with Crippen molar-refractivity contribution in [2.24, 2.45) is 0 Å². The number of rotatable bonds is 4. The summed E-state index contributed by atoms with van der Waals surface area (Å²) in [4.78, 5) is 20.8. The van der Waals surface area contributed by atoms with Gasteiger partial charge in [0, 0.05) is 31.5 Å². The number of carboxylic acids is 1. The van der Waals surface area contributed by atoms with Gasteiger partial charge in [0.2, 0.25) is 5.95 Å². The number of nitrogens with one attached hydrogen (secondary N) is 1. The van der Waals surface area contributed by atoms with Crippen LogP contribution in [-0.2, 0) is 0 Å². The predicted molar refractivity (Wildman–Crippen MR) is 84.2 cm³/mol. The molecule has 0 radical (unpaired) electrons. The van der Waals surface area contributed by atoms with Crippen LogP contribution in [0.25, 0.3) is 0 Å². The van der Waals surface area contributed by atoms with Crippen molar-refractivity contribution in [3.8, 4) is 0 Å². The van der Waals surface area contributed by atoms with Crippen LogP contribution >= 0.6 is 0 Å². The summed E-state index contributed by atoms with van der Waals surface area (Å²) >= 11 is 0. The Morgan fingerprint density at radius 3 is 2.46 bits per heavy atom. The van der Waals surface area contributed by atoms with Crippen LogP contribution in [0.5, 0.6) is 0 Å². The molecule has 0 saturated carbocycles. The Morgan fingerprint density at radius 2 is 1.83 bits per heavy atom. The van der Waals surface area contributed by atoms with Crippen LogP contribution in [0.4, 0.5) is 20.4 Å². The number of piperidine rings is 1. The summed E-state index contributed by atoms with van der Waals surface area (Å²) in [5.74, 6) is -3.38. The van der Waals surface area contributed by atoms with Crippen molar-refractivity contribution < 1.29 is 18.7 Å². The van der Waals surface area contributed by atoms with Gasteiger partial charge in [-0.05, 0) is 31.0 Å². The lowest BCUT2D eigenvalue weighted by molar-refractivity contribution is 0.0690. The third-order valence-corrected chi connectivity index (χ3v) is 4.03. The van der Waals surface area contributed by atoms with Crippen LogP contribution in [0, 0.1) is 11.6 Å². The Bertz CT molecular complexity index is 734. The van der Waals surface area contributed by atoms with E-state index in [2.05, 4.69) is 15.3 Å². The van der Waals surface area contributed by atoms with Gasteiger partial charge in [-0.15, -0.1) is 0 Å². The SMILES string of the molecule is O=C(O)c1ccc(N2CCC(Nc3ncccn3)CC2)c(F)c1F. The van der Waals surface area contributed by atoms with Gasteiger partial charge in [0.1, 0.15) is 0 Å². The maximum absolute atomic E-state index is 14.1. The minimum Gasteiger partial charge on any atom is -0.478 e. The first-order valence-corrected chi connectivity index (χ1v) is 7.56. The second-order valence-corrected chi connectivity index (χ2v) is 5.54. The number of carboxylic acid groups (broad SMARTS) is 1. The predicted octanol–water partition coefficient (Wildman–Crippen LogP) is 2.53. The van der Waals surface area contributed by atoms with Gasteiger partial charge in [0.25, 0.3) is 0 Å². The Hall–Kier alpha value is -2.77. The van der Waals surface area contributed by atoms with Crippen molar-refractivity contribution in [2.75, 3.05) is 23.3 Å². The van der Waals surface area contributed by atoms with Crippen LogP contribution in [0.3, 0.4) is 0 Å². The Balaban J connectivity index is 1.67. The van der Waals surface area contributed by atoms with Crippen molar-refractivity contribution in [1.82, 2.24) is 9.97 Å². The average molecular weight is 334 g/mol. The van der Waals surface area contributed by atoms with Gasteiger partial charge < -0.3 is 15.3 Å². The maximum atomic E-state index is 14.1. The molecule has 1 aromatic carbocycles. The Morgan fingerprint density at radius 1 is 1.17 bits per heavy atom. The highest BCUT2D eigenvalue weighted by Gasteiger charge is 2.25. The second-order valence-electron chi connectivity index (χ2n) is 5.54. The third-order valence-electron chi connectivity index (χ3n) is 4.03. The zero-order valence-corrected chi connectivity index (χ0v) is 12.7. The van der Waals surface area contributed by atoms with E-state index in [-0.39, 0.29) is 11.7 Å². The molecule has 2 N–H and O–H groups in total. The molecule has 0 spiro atoms. The van der Waals surface area contributed by atoms with Crippen molar-refractivity contribution >= 4 is 17.6 Å². The molecule has 0 amide bonds. The monoisotopic (exact) mass is 334 g/mol. The summed E-state index contributed by atoms with van der Waals surface area (Å²) in [6.45, 7) is 1.04. The van der Waals surface area contributed by atoms with E-state index in [1.807, 2.05) is 0 Å². The van der Waals surface area contributed by atoms with E-state index in [1.165, 1.54) is 6.07 Å². The summed E-state index contributed by atoms with van der Waals surface area (Å²) in [5, 5.41) is 12.0. The number of benzene rings is 1. The number of aromatic nitrogens is 2. The van der Waals surface area contributed by atoms with Crippen LogP contribution < -0.4 is 10.2 Å². The number of aromatic carboxylic acids is 1. The fourth-order valence-electron chi connectivity index (χ4n) is 2.77. The molecule has 1 saturated heterocycles. The molecule has 1 aliphatic rings. The smallest absolute Gasteiger partial charge is 0.338 e. The number of carbonyl (C=O) groups is 1. The van der Waals surface area contributed by atoms with E-state index in [9.17, 15) is 13.6 Å². The normalized spacial score (nSPS) is 15.3. The van der Waals surface area contributed by atoms with E-state index < -0.39 is 23.2 Å². The van der Waals surface area contributed by atoms with Gasteiger partial charge in [0.05, 0.1) is 11.3 Å². The van der Waals surface area contributed by atoms with Gasteiger partial charge in [0.15, 0.2) is 11.6 Å². The average Bonchev–Trinajstić information content (AvgIpc) is 2.59. The van der Waals surface area contributed by atoms with Crippen molar-refractivity contribution in [1.29, 1.82) is 0 Å². The van der Waals surface area contributed by atoms with Crippen LogP contribution in [0.2, 0.25) is 0 Å². The zero-order chi connectivity index (χ0) is 17.1. The quantitative estimate of drug-likeness (QED) is 0.895. The standard InChI is InChI=1S/C16H16F2N4O2/c17-13-11(15(23)24)2-3-12(14(13)18)22-8-4-10(5-9-22)21-16-19-6-1-7-20-16/h1-3,6-7,10H,4-5,8-9H2,(H,23,24)(H,19,20,21). The van der Waals surface area contributed by atoms with E-state index in [0.29, 0.717) is 31.9 Å². The van der Waals surface area contributed by atoms with Crippen molar-refractivity contribution in [3.05, 3.63) is 47.8 Å². The van der Waals surface area contributed by atoms with Crippen LogP contribution in [0.1, 0.15) is 23.2 Å². The minimum atomic E-state index is -1.48. The number of hydrogen-bond donors (Lipinski definition) is 2. The maximum Gasteiger partial charge on any atom is 0.338 e. The molecular weight excluding hydrogens is 318 g/mol. The minimum absolute atomic E-state index is 0.0897. The molecule has 2 aromatic rings. The van der Waals surface area contributed by atoms with Crippen LogP contribution in [0.15, 0.2) is 30.6 Å². The Kier molecular flexibility index (Phi) is 4.54. The molecule has 0 bridgehead atoms. The number of anilines is 2. The molecule has 6 nitrogen and oxygen atoms in total. The molecule has 1 fully saturated rings. The summed E-state index contributed by atoms with van der Waals surface area (Å²) in [7, 11) is 0. The Labute approximate surface area is 137 Å². The van der Waals surface area contributed by atoms with E-state index in [0.717, 1.165) is 6.07 Å². The van der Waals surface area contributed by atoms with Crippen molar-refractivity contribution in [3.63, 3.8) is 0 Å². The molecule has 2 heterocycles. The van der Waals surface area contributed by atoms with Gasteiger partial charge in [-0.3, -0.25) is 0 Å². The zero-order valence-electron chi connectivity index (χ0n) is 12.7. The van der Waals surface area contributed by atoms with E-state index >= 15 is 0 Å². The van der Waals surface area contributed by atoms with E-state index in [4.69, 9.17) is 5.11 Å². The van der Waals surface area contributed by atoms with Gasteiger partial charge in [-0.25, -0.2) is 23.5 Å². The third kappa shape index (κ3) is 3.27. The molecular formula is C16H16F2N4O2. The largest absolute Gasteiger partial charge is 0.478 e. The molecule has 24 heavy (non-hydrogen) atoms. The molecule has 0 unspecified atom stereocenters. The molecule has 1 aromatic heterocycles. The summed E-state index contributed by atoms with van der Waals surface area (Å²) < 4.78 is 28.0. The summed E-state index contributed by atoms with van der Waals surface area (Å²) in [6.07, 6.45) is 4.71. The molecule has 3 rings (SSSR count). The van der Waals surface area contributed by atoms with Crippen molar-refractivity contribution in [2.45, 2.75) is 18.9 Å². The van der Waals surface area contributed by atoms with Gasteiger partial charge in [-0.2, -0.15) is 0 Å². The van der Waals surface area contributed by atoms with E-state index in [1.54, 1.807) is 23.4 Å². The lowest BCUT2D eigenvalue weighted by atomic mass is 10.0. The highest BCUT2D eigenvalue weighted by Crippen LogP contribution is 2.27. The molecule has 1 aliphatic heterocycles. The summed E-state index contributed by atoms with van der Waals surface area (Å²) in [5.41, 5.74) is -0.569. The molecule has 0 aliphatic carbocycles. The second kappa shape index (κ2) is 6.77. The van der Waals surface area contributed by atoms with Crippen LogP contribution in [-0.4, -0.2) is 40.2 Å². The molecule has 0 atom stereocenters. The first-order valence-electron chi connectivity index (χ1n) is 7.56. The molecule has 126 valence electrons. The lowest BCUT2D eigenvalue weighted by Gasteiger charge is -2.34. The van der Waals surface area contributed by atoms with Gasteiger partial charge >= 0.3 is 5.97 Å². The molecule has 8 heteroatoms. The number of halogens is 2. The lowest BCUT2D eigenvalue weighted by Crippen LogP contribution is -2.40. The highest BCUT2D eigenvalue weighted by atomic mass is 19.2. The first kappa shape index (κ1) is 16.1. The summed E-state index contributed by atoms with van der Waals surface area (Å²) in [6, 6.07) is 4.29. The highest BCUT2D eigenvalue weighted by molar-refractivity contribution is 5.88. The fourth-order valence-corrected chi connectivity index (χ4v) is 2.77.